The SMILES string of the molecule is COc1cc(N)c(N)cc1OCCCCCCCCOc1cc(N)c(N)cc1OC. The molecule has 0 aliphatic heterocycles. The van der Waals surface area contributed by atoms with E-state index in [1.807, 2.05) is 0 Å². The largest absolute Gasteiger partial charge is 0.493 e. The van der Waals surface area contributed by atoms with Crippen molar-refractivity contribution in [2.24, 2.45) is 0 Å². The number of nitrogen functional groups attached to an aromatic ring is 4. The fourth-order valence-corrected chi connectivity index (χ4v) is 3.00. The highest BCUT2D eigenvalue weighted by Gasteiger charge is 2.09. The minimum absolute atomic E-state index is 0.487. The summed E-state index contributed by atoms with van der Waals surface area (Å²) < 4.78 is 22.1. The molecule has 0 aliphatic carbocycles. The van der Waals surface area contributed by atoms with Crippen LogP contribution in [0.3, 0.4) is 0 Å². The Hall–Kier alpha value is -3.16. The molecule has 2 aromatic carbocycles. The summed E-state index contributed by atoms with van der Waals surface area (Å²) in [4.78, 5) is 0. The lowest BCUT2D eigenvalue weighted by atomic mass is 10.1. The number of hydrogen-bond acceptors (Lipinski definition) is 8. The normalized spacial score (nSPS) is 10.6. The number of ether oxygens (including phenoxy) is 4. The van der Waals surface area contributed by atoms with Crippen molar-refractivity contribution in [2.45, 2.75) is 38.5 Å². The van der Waals surface area contributed by atoms with Crippen LogP contribution in [0, 0.1) is 0 Å². The highest BCUT2D eigenvalue weighted by atomic mass is 16.5. The van der Waals surface area contributed by atoms with Gasteiger partial charge in [0, 0.05) is 24.3 Å². The average molecular weight is 419 g/mol. The van der Waals surface area contributed by atoms with E-state index in [9.17, 15) is 0 Å². The number of rotatable bonds is 13. The highest BCUT2D eigenvalue weighted by molar-refractivity contribution is 5.70. The maximum Gasteiger partial charge on any atom is 0.163 e. The van der Waals surface area contributed by atoms with E-state index in [0.29, 0.717) is 59.0 Å². The van der Waals surface area contributed by atoms with Gasteiger partial charge in [0.25, 0.3) is 0 Å². The molecule has 0 aliphatic rings. The second-order valence-electron chi connectivity index (χ2n) is 7.08. The minimum Gasteiger partial charge on any atom is -0.493 e. The van der Waals surface area contributed by atoms with Gasteiger partial charge >= 0.3 is 0 Å². The zero-order valence-corrected chi connectivity index (χ0v) is 17.9. The maximum atomic E-state index is 5.83. The van der Waals surface area contributed by atoms with Crippen LogP contribution >= 0.6 is 0 Å². The first-order chi connectivity index (χ1) is 14.5. The van der Waals surface area contributed by atoms with Crippen LogP contribution in [0.25, 0.3) is 0 Å². The molecule has 30 heavy (non-hydrogen) atoms. The molecular weight excluding hydrogens is 384 g/mol. The molecule has 8 N–H and O–H groups in total. The van der Waals surface area contributed by atoms with Gasteiger partial charge in [-0.15, -0.1) is 0 Å². The van der Waals surface area contributed by atoms with Gasteiger partial charge in [-0.3, -0.25) is 0 Å². The van der Waals surface area contributed by atoms with Crippen molar-refractivity contribution in [3.63, 3.8) is 0 Å². The van der Waals surface area contributed by atoms with Gasteiger partial charge in [0.05, 0.1) is 50.2 Å². The van der Waals surface area contributed by atoms with E-state index < -0.39 is 0 Å². The fraction of sp³-hybridized carbons (Fsp3) is 0.455. The molecule has 0 heterocycles. The van der Waals surface area contributed by atoms with Crippen LogP contribution in [0.5, 0.6) is 23.0 Å². The molecule has 8 nitrogen and oxygen atoms in total. The third-order valence-corrected chi connectivity index (χ3v) is 4.79. The summed E-state index contributed by atoms with van der Waals surface area (Å²) in [7, 11) is 3.17. The summed E-state index contributed by atoms with van der Waals surface area (Å²) in [5.41, 5.74) is 25.2. The fourth-order valence-electron chi connectivity index (χ4n) is 3.00. The summed E-state index contributed by atoms with van der Waals surface area (Å²) >= 11 is 0. The lowest BCUT2D eigenvalue weighted by Gasteiger charge is -2.13. The summed E-state index contributed by atoms with van der Waals surface area (Å²) in [6, 6.07) is 6.78. The molecule has 166 valence electrons. The molecule has 0 spiro atoms. The van der Waals surface area contributed by atoms with Crippen LogP contribution < -0.4 is 41.9 Å². The summed E-state index contributed by atoms with van der Waals surface area (Å²) in [5.74, 6) is 2.45. The third-order valence-electron chi connectivity index (χ3n) is 4.79. The number of methoxy groups -OCH3 is 2. The molecule has 0 radical (unpaired) electrons. The molecule has 2 rings (SSSR count). The lowest BCUT2D eigenvalue weighted by Crippen LogP contribution is -2.03. The van der Waals surface area contributed by atoms with Crippen LogP contribution in [0.4, 0.5) is 22.7 Å². The average Bonchev–Trinajstić information content (AvgIpc) is 2.73. The van der Waals surface area contributed by atoms with Crippen molar-refractivity contribution in [3.8, 4) is 23.0 Å². The van der Waals surface area contributed by atoms with E-state index >= 15 is 0 Å². The van der Waals surface area contributed by atoms with Crippen molar-refractivity contribution in [3.05, 3.63) is 24.3 Å². The van der Waals surface area contributed by atoms with Crippen LogP contribution in [0.1, 0.15) is 38.5 Å². The molecule has 0 bridgehead atoms. The van der Waals surface area contributed by atoms with Gasteiger partial charge in [-0.25, -0.2) is 0 Å². The lowest BCUT2D eigenvalue weighted by molar-refractivity contribution is 0.279. The van der Waals surface area contributed by atoms with Gasteiger partial charge in [-0.1, -0.05) is 25.7 Å². The van der Waals surface area contributed by atoms with Gasteiger partial charge in [-0.2, -0.15) is 0 Å². The van der Waals surface area contributed by atoms with Crippen LogP contribution in [-0.2, 0) is 0 Å². The smallest absolute Gasteiger partial charge is 0.163 e. The van der Waals surface area contributed by atoms with E-state index in [4.69, 9.17) is 41.9 Å². The van der Waals surface area contributed by atoms with E-state index in [-0.39, 0.29) is 0 Å². The first-order valence-electron chi connectivity index (χ1n) is 10.2. The Morgan fingerprint density at radius 3 is 1.13 bits per heavy atom. The zero-order valence-electron chi connectivity index (χ0n) is 17.9. The standard InChI is InChI=1S/C22H34N4O4/c1-27-19-11-15(23)17(25)13-21(19)29-9-7-5-3-4-6-8-10-30-22-14-18(26)16(24)12-20(22)28-2/h11-14H,3-10,23-26H2,1-2H3. The van der Waals surface area contributed by atoms with Crippen LogP contribution in [0.15, 0.2) is 24.3 Å². The Balaban J connectivity index is 1.57. The Morgan fingerprint density at radius 1 is 0.500 bits per heavy atom. The molecule has 0 unspecified atom stereocenters. The third kappa shape index (κ3) is 6.72. The van der Waals surface area contributed by atoms with Crippen molar-refractivity contribution in [2.75, 3.05) is 50.4 Å². The molecule has 8 heteroatoms. The van der Waals surface area contributed by atoms with Gasteiger partial charge < -0.3 is 41.9 Å². The Labute approximate surface area is 178 Å². The maximum absolute atomic E-state index is 5.83. The molecule has 0 atom stereocenters. The Kier molecular flexibility index (Phi) is 9.05. The first-order valence-corrected chi connectivity index (χ1v) is 10.2. The van der Waals surface area contributed by atoms with Gasteiger partial charge in [0.15, 0.2) is 23.0 Å². The molecule has 0 saturated heterocycles. The summed E-state index contributed by atoms with van der Waals surface area (Å²) in [6.07, 6.45) is 6.40. The molecule has 0 saturated carbocycles. The van der Waals surface area contributed by atoms with Crippen LogP contribution in [0.2, 0.25) is 0 Å². The Bertz CT molecular complexity index is 747. The molecule has 0 aromatic heterocycles. The Morgan fingerprint density at radius 2 is 0.800 bits per heavy atom. The number of hydrogen-bond donors (Lipinski definition) is 4. The van der Waals surface area contributed by atoms with Crippen LogP contribution in [-0.4, -0.2) is 27.4 Å². The monoisotopic (exact) mass is 418 g/mol. The summed E-state index contributed by atoms with van der Waals surface area (Å²) in [6.45, 7) is 1.22. The molecule has 0 amide bonds. The van der Waals surface area contributed by atoms with Gasteiger partial charge in [0.1, 0.15) is 0 Å². The number of anilines is 4. The van der Waals surface area contributed by atoms with E-state index in [1.165, 1.54) is 0 Å². The predicted octanol–water partition coefficient (Wildman–Crippen LogP) is 3.83. The van der Waals surface area contributed by atoms with Gasteiger partial charge in [0.2, 0.25) is 0 Å². The highest BCUT2D eigenvalue weighted by Crippen LogP contribution is 2.34. The topological polar surface area (TPSA) is 141 Å². The quantitative estimate of drug-likeness (QED) is 0.284. The first kappa shape index (κ1) is 23.1. The zero-order chi connectivity index (χ0) is 21.9. The minimum atomic E-state index is 0.487. The number of nitrogens with two attached hydrogens (primary N) is 4. The molecule has 0 fully saturated rings. The molecule has 2 aromatic rings. The van der Waals surface area contributed by atoms with Gasteiger partial charge in [-0.05, 0) is 12.8 Å². The second-order valence-corrected chi connectivity index (χ2v) is 7.08. The summed E-state index contributed by atoms with van der Waals surface area (Å²) in [5, 5.41) is 0. The van der Waals surface area contributed by atoms with E-state index in [1.54, 1.807) is 38.5 Å². The van der Waals surface area contributed by atoms with E-state index in [2.05, 4.69) is 0 Å². The second kappa shape index (κ2) is 11.7. The number of benzene rings is 2. The predicted molar refractivity (Wildman–Crippen MR) is 122 cm³/mol. The molecular formula is C22H34N4O4. The van der Waals surface area contributed by atoms with Crippen molar-refractivity contribution < 1.29 is 18.9 Å². The van der Waals surface area contributed by atoms with E-state index in [0.717, 1.165) is 38.5 Å². The number of unbranched alkanes of at least 4 members (excludes halogenated alkanes) is 5. The van der Waals surface area contributed by atoms with Crippen molar-refractivity contribution >= 4 is 22.7 Å². The van der Waals surface area contributed by atoms with Crippen molar-refractivity contribution in [1.29, 1.82) is 0 Å². The van der Waals surface area contributed by atoms with Crippen molar-refractivity contribution in [1.82, 2.24) is 0 Å².